The second kappa shape index (κ2) is 9.99. The second-order valence-electron chi connectivity index (χ2n) is 8.04. The highest BCUT2D eigenvalue weighted by molar-refractivity contribution is 9.10. The van der Waals surface area contributed by atoms with Gasteiger partial charge in [0, 0.05) is 23.9 Å². The van der Waals surface area contributed by atoms with E-state index >= 15 is 0 Å². The highest BCUT2D eigenvalue weighted by Gasteiger charge is 2.13. The summed E-state index contributed by atoms with van der Waals surface area (Å²) in [5, 5.41) is 21.1. The lowest BCUT2D eigenvalue weighted by molar-refractivity contribution is -0.115. The van der Waals surface area contributed by atoms with Gasteiger partial charge in [0.2, 0.25) is 5.91 Å². The minimum absolute atomic E-state index is 0.0640. The standard InChI is InChI=1S/C27H22BrN5O2/c28-22-17-30-33-25(15-23(32-27(22)33)21-11-4-5-12-24(21)34)29-16-19-9-6-10-20(13-19)31-26(35)14-18-7-2-1-3-8-18/h1-13,15,17,29,34H,14,16H2,(H,31,35). The number of benzene rings is 3. The summed E-state index contributed by atoms with van der Waals surface area (Å²) in [6, 6.07) is 26.3. The number of aromatic hydroxyl groups is 1. The number of carbonyl (C=O) groups is 1. The van der Waals surface area contributed by atoms with Gasteiger partial charge in [-0.2, -0.15) is 9.61 Å². The number of carbonyl (C=O) groups excluding carboxylic acids is 1. The van der Waals surface area contributed by atoms with Crippen LogP contribution in [-0.2, 0) is 17.8 Å². The van der Waals surface area contributed by atoms with Crippen molar-refractivity contribution in [3.05, 3.63) is 107 Å². The predicted octanol–water partition coefficient (Wildman–Crippen LogP) is 5.66. The van der Waals surface area contributed by atoms with Crippen molar-refractivity contribution in [3.63, 3.8) is 0 Å². The summed E-state index contributed by atoms with van der Waals surface area (Å²) in [4.78, 5) is 17.1. The Balaban J connectivity index is 1.35. The Bertz CT molecular complexity index is 1500. The highest BCUT2D eigenvalue weighted by atomic mass is 79.9. The minimum Gasteiger partial charge on any atom is -0.507 e. The van der Waals surface area contributed by atoms with Crippen LogP contribution in [0.2, 0.25) is 0 Å². The van der Waals surface area contributed by atoms with Crippen LogP contribution in [0.15, 0.2) is 95.6 Å². The van der Waals surface area contributed by atoms with Crippen molar-refractivity contribution >= 4 is 39.0 Å². The Morgan fingerprint density at radius 2 is 1.71 bits per heavy atom. The fraction of sp³-hybridized carbons (Fsp3) is 0.0741. The molecule has 7 nitrogen and oxygen atoms in total. The maximum atomic E-state index is 12.5. The Kier molecular flexibility index (Phi) is 6.45. The van der Waals surface area contributed by atoms with E-state index in [1.54, 1.807) is 22.8 Å². The first-order valence-corrected chi connectivity index (χ1v) is 11.9. The SMILES string of the molecule is O=C(Cc1ccccc1)Nc1cccc(CNc2cc(-c3ccccc3O)nc3c(Br)cnn23)c1. The van der Waals surface area contributed by atoms with E-state index in [0.717, 1.165) is 27.1 Å². The van der Waals surface area contributed by atoms with Gasteiger partial charge in [0.05, 0.1) is 22.8 Å². The molecule has 1 amide bonds. The molecule has 5 aromatic rings. The number of phenols is 1. The van der Waals surface area contributed by atoms with E-state index in [2.05, 4.69) is 36.6 Å². The van der Waals surface area contributed by atoms with E-state index in [9.17, 15) is 9.90 Å². The quantitative estimate of drug-likeness (QED) is 0.254. The number of aromatic nitrogens is 3. The topological polar surface area (TPSA) is 91.5 Å². The van der Waals surface area contributed by atoms with Gasteiger partial charge in [0.15, 0.2) is 5.65 Å². The van der Waals surface area contributed by atoms with Crippen LogP contribution in [0.4, 0.5) is 11.5 Å². The molecular formula is C27H22BrN5O2. The number of nitrogens with zero attached hydrogens (tertiary/aromatic N) is 3. The second-order valence-corrected chi connectivity index (χ2v) is 8.89. The Morgan fingerprint density at radius 3 is 2.54 bits per heavy atom. The summed E-state index contributed by atoms with van der Waals surface area (Å²) in [6.07, 6.45) is 2.01. The van der Waals surface area contributed by atoms with E-state index in [-0.39, 0.29) is 11.7 Å². The molecule has 0 saturated carbocycles. The fourth-order valence-electron chi connectivity index (χ4n) is 3.83. The molecule has 0 unspecified atom stereocenters. The fourth-order valence-corrected chi connectivity index (χ4v) is 4.18. The maximum absolute atomic E-state index is 12.5. The minimum atomic E-state index is -0.0640. The van der Waals surface area contributed by atoms with E-state index in [1.807, 2.05) is 72.8 Å². The van der Waals surface area contributed by atoms with Crippen LogP contribution in [0.5, 0.6) is 5.75 Å². The molecule has 3 aromatic carbocycles. The van der Waals surface area contributed by atoms with Gasteiger partial charge in [-0.15, -0.1) is 0 Å². The normalized spacial score (nSPS) is 10.9. The molecule has 0 aliphatic carbocycles. The van der Waals surface area contributed by atoms with Crippen molar-refractivity contribution in [2.75, 3.05) is 10.6 Å². The lowest BCUT2D eigenvalue weighted by Gasteiger charge is -2.12. The van der Waals surface area contributed by atoms with Crippen LogP contribution < -0.4 is 10.6 Å². The largest absolute Gasteiger partial charge is 0.507 e. The van der Waals surface area contributed by atoms with Crippen molar-refractivity contribution < 1.29 is 9.90 Å². The lowest BCUT2D eigenvalue weighted by atomic mass is 10.1. The van der Waals surface area contributed by atoms with Crippen LogP contribution in [-0.4, -0.2) is 25.6 Å². The third-order valence-electron chi connectivity index (χ3n) is 5.50. The first-order valence-electron chi connectivity index (χ1n) is 11.1. The molecule has 3 N–H and O–H groups in total. The highest BCUT2D eigenvalue weighted by Crippen LogP contribution is 2.31. The van der Waals surface area contributed by atoms with E-state index in [0.29, 0.717) is 29.9 Å². The molecule has 2 aromatic heterocycles. The summed E-state index contributed by atoms with van der Waals surface area (Å²) >= 11 is 3.50. The third kappa shape index (κ3) is 5.17. The van der Waals surface area contributed by atoms with Crippen LogP contribution in [0.25, 0.3) is 16.9 Å². The molecule has 0 atom stereocenters. The molecular weight excluding hydrogens is 506 g/mol. The first-order chi connectivity index (χ1) is 17.1. The van der Waals surface area contributed by atoms with Crippen LogP contribution >= 0.6 is 15.9 Å². The van der Waals surface area contributed by atoms with Gasteiger partial charge in [-0.1, -0.05) is 54.6 Å². The van der Waals surface area contributed by atoms with Gasteiger partial charge in [-0.25, -0.2) is 4.98 Å². The summed E-state index contributed by atoms with van der Waals surface area (Å²) < 4.78 is 2.46. The maximum Gasteiger partial charge on any atom is 0.228 e. The zero-order valence-electron chi connectivity index (χ0n) is 18.6. The molecule has 8 heteroatoms. The average Bonchev–Trinajstić information content (AvgIpc) is 3.24. The molecule has 5 rings (SSSR count). The van der Waals surface area contributed by atoms with Gasteiger partial charge in [0.1, 0.15) is 11.6 Å². The summed E-state index contributed by atoms with van der Waals surface area (Å²) in [5.41, 5.74) is 4.59. The van der Waals surface area contributed by atoms with Crippen molar-refractivity contribution in [2.45, 2.75) is 13.0 Å². The van der Waals surface area contributed by atoms with Gasteiger partial charge >= 0.3 is 0 Å². The smallest absolute Gasteiger partial charge is 0.228 e. The number of phenolic OH excluding ortho intramolecular Hbond substituents is 1. The molecule has 35 heavy (non-hydrogen) atoms. The van der Waals surface area contributed by atoms with E-state index in [4.69, 9.17) is 0 Å². The number of hydrogen-bond acceptors (Lipinski definition) is 5. The zero-order valence-corrected chi connectivity index (χ0v) is 20.2. The first kappa shape index (κ1) is 22.6. The van der Waals surface area contributed by atoms with Gasteiger partial charge < -0.3 is 15.7 Å². The molecule has 0 aliphatic heterocycles. The Morgan fingerprint density at radius 1 is 0.943 bits per heavy atom. The number of fused-ring (bicyclic) bond motifs is 1. The molecule has 0 spiro atoms. The molecule has 0 radical (unpaired) electrons. The van der Waals surface area contributed by atoms with Crippen molar-refractivity contribution in [2.24, 2.45) is 0 Å². The average molecular weight is 528 g/mol. The molecule has 174 valence electrons. The van der Waals surface area contributed by atoms with E-state index < -0.39 is 0 Å². The summed E-state index contributed by atoms with van der Waals surface area (Å²) in [6.45, 7) is 0.499. The van der Waals surface area contributed by atoms with E-state index in [1.165, 1.54) is 0 Å². The summed E-state index contributed by atoms with van der Waals surface area (Å²) in [7, 11) is 0. The van der Waals surface area contributed by atoms with Gasteiger partial charge in [-0.3, -0.25) is 4.79 Å². The predicted molar refractivity (Wildman–Crippen MR) is 140 cm³/mol. The zero-order chi connectivity index (χ0) is 24.2. The third-order valence-corrected chi connectivity index (χ3v) is 6.06. The van der Waals surface area contributed by atoms with Crippen LogP contribution in [0, 0.1) is 0 Å². The lowest BCUT2D eigenvalue weighted by Crippen LogP contribution is -2.14. The number of nitrogens with one attached hydrogen (secondary N) is 2. The molecule has 2 heterocycles. The van der Waals surface area contributed by atoms with Crippen molar-refractivity contribution in [3.8, 4) is 17.0 Å². The number of amides is 1. The van der Waals surface area contributed by atoms with Gasteiger partial charge in [-0.05, 0) is 51.3 Å². The number of para-hydroxylation sites is 1. The molecule has 0 aliphatic rings. The number of halogens is 1. The molecule has 0 bridgehead atoms. The summed E-state index contributed by atoms with van der Waals surface area (Å²) in [5.74, 6) is 0.813. The number of anilines is 2. The van der Waals surface area contributed by atoms with Crippen molar-refractivity contribution in [1.29, 1.82) is 0 Å². The number of hydrogen-bond donors (Lipinski definition) is 3. The van der Waals surface area contributed by atoms with Crippen LogP contribution in [0.3, 0.4) is 0 Å². The monoisotopic (exact) mass is 527 g/mol. The Hall–Kier alpha value is -4.17. The number of rotatable bonds is 7. The van der Waals surface area contributed by atoms with Gasteiger partial charge in [0.25, 0.3) is 0 Å². The van der Waals surface area contributed by atoms with Crippen molar-refractivity contribution in [1.82, 2.24) is 14.6 Å². The molecule has 0 saturated heterocycles. The van der Waals surface area contributed by atoms with Crippen LogP contribution in [0.1, 0.15) is 11.1 Å². The Labute approximate surface area is 210 Å². The molecule has 0 fully saturated rings.